The summed E-state index contributed by atoms with van der Waals surface area (Å²) in [6.45, 7) is 5.42. The number of halogens is 1. The van der Waals surface area contributed by atoms with Crippen LogP contribution in [-0.2, 0) is 4.79 Å². The van der Waals surface area contributed by atoms with Gasteiger partial charge >= 0.3 is 0 Å². The molecular formula is C14H17BrO3. The number of hydrogen-bond donors (Lipinski definition) is 0. The average Bonchev–Trinajstić information content (AvgIpc) is 2.27. The van der Waals surface area contributed by atoms with Gasteiger partial charge in [-0.2, -0.15) is 0 Å². The van der Waals surface area contributed by atoms with Crippen LogP contribution in [0.15, 0.2) is 22.7 Å². The van der Waals surface area contributed by atoms with E-state index in [4.69, 9.17) is 4.74 Å². The standard InChI is InChI=1S/C14H17BrO3/c1-14(2,3)13(17)8-11(16)10-7-9(15)5-6-12(10)18-4/h5-7H,8H2,1-4H3. The van der Waals surface area contributed by atoms with Crippen LogP contribution in [0.4, 0.5) is 0 Å². The summed E-state index contributed by atoms with van der Waals surface area (Å²) in [5.41, 5.74) is -0.0704. The maximum atomic E-state index is 12.1. The Bertz CT molecular complexity index is 472. The highest BCUT2D eigenvalue weighted by atomic mass is 79.9. The van der Waals surface area contributed by atoms with Crippen LogP contribution in [0.1, 0.15) is 37.6 Å². The number of rotatable bonds is 4. The molecule has 1 rings (SSSR count). The molecule has 0 aliphatic heterocycles. The largest absolute Gasteiger partial charge is 0.496 e. The summed E-state index contributed by atoms with van der Waals surface area (Å²) in [6.07, 6.45) is -0.101. The van der Waals surface area contributed by atoms with Crippen molar-refractivity contribution in [2.75, 3.05) is 7.11 Å². The van der Waals surface area contributed by atoms with E-state index >= 15 is 0 Å². The normalized spacial score (nSPS) is 11.2. The number of ether oxygens (including phenoxy) is 1. The van der Waals surface area contributed by atoms with Gasteiger partial charge in [-0.05, 0) is 18.2 Å². The Balaban J connectivity index is 2.98. The molecule has 0 N–H and O–H groups in total. The SMILES string of the molecule is COc1ccc(Br)cc1C(=O)CC(=O)C(C)(C)C. The topological polar surface area (TPSA) is 43.4 Å². The third-order valence-corrected chi connectivity index (χ3v) is 3.11. The minimum atomic E-state index is -0.505. The predicted octanol–water partition coefficient (Wildman–Crippen LogP) is 3.65. The van der Waals surface area contributed by atoms with E-state index in [0.29, 0.717) is 11.3 Å². The number of hydrogen-bond acceptors (Lipinski definition) is 3. The summed E-state index contributed by atoms with van der Waals surface area (Å²) in [7, 11) is 1.51. The Morgan fingerprint density at radius 2 is 1.89 bits per heavy atom. The molecule has 0 heterocycles. The van der Waals surface area contributed by atoms with Crippen molar-refractivity contribution in [1.82, 2.24) is 0 Å². The van der Waals surface area contributed by atoms with E-state index in [2.05, 4.69) is 15.9 Å². The van der Waals surface area contributed by atoms with Crippen LogP contribution in [0.25, 0.3) is 0 Å². The van der Waals surface area contributed by atoms with Crippen molar-refractivity contribution < 1.29 is 14.3 Å². The van der Waals surface area contributed by atoms with Crippen molar-refractivity contribution >= 4 is 27.5 Å². The van der Waals surface area contributed by atoms with Gasteiger partial charge in [0.05, 0.1) is 19.1 Å². The molecule has 1 aromatic carbocycles. The van der Waals surface area contributed by atoms with E-state index in [1.807, 2.05) is 0 Å². The molecule has 98 valence electrons. The molecule has 0 radical (unpaired) electrons. The highest BCUT2D eigenvalue weighted by Gasteiger charge is 2.25. The molecule has 3 nitrogen and oxygen atoms in total. The molecule has 0 fully saturated rings. The molecule has 1 aromatic rings. The van der Waals surface area contributed by atoms with Gasteiger partial charge in [0.15, 0.2) is 5.78 Å². The van der Waals surface area contributed by atoms with E-state index in [9.17, 15) is 9.59 Å². The van der Waals surface area contributed by atoms with Gasteiger partial charge in [0, 0.05) is 9.89 Å². The van der Waals surface area contributed by atoms with Crippen molar-refractivity contribution in [1.29, 1.82) is 0 Å². The fourth-order valence-electron chi connectivity index (χ4n) is 1.40. The maximum Gasteiger partial charge on any atom is 0.174 e. The summed E-state index contributed by atoms with van der Waals surface area (Å²) in [6, 6.07) is 5.18. The van der Waals surface area contributed by atoms with Crippen LogP contribution in [0.3, 0.4) is 0 Å². The highest BCUT2D eigenvalue weighted by molar-refractivity contribution is 9.10. The first-order chi connectivity index (χ1) is 8.25. The van der Waals surface area contributed by atoms with Crippen LogP contribution in [-0.4, -0.2) is 18.7 Å². The third kappa shape index (κ3) is 3.67. The monoisotopic (exact) mass is 312 g/mol. The Morgan fingerprint density at radius 1 is 1.28 bits per heavy atom. The molecule has 4 heteroatoms. The smallest absolute Gasteiger partial charge is 0.174 e. The number of carbonyl (C=O) groups is 2. The van der Waals surface area contributed by atoms with E-state index in [1.165, 1.54) is 7.11 Å². The lowest BCUT2D eigenvalue weighted by molar-refractivity contribution is -0.125. The van der Waals surface area contributed by atoms with Gasteiger partial charge < -0.3 is 4.74 Å². The second-order valence-corrected chi connectivity index (χ2v) is 6.03. The molecule has 0 aliphatic carbocycles. The summed E-state index contributed by atoms with van der Waals surface area (Å²) in [4.78, 5) is 24.0. The van der Waals surface area contributed by atoms with E-state index in [0.717, 1.165) is 4.47 Å². The minimum Gasteiger partial charge on any atom is -0.496 e. The Hall–Kier alpha value is -1.16. The Labute approximate surface area is 116 Å². The maximum absolute atomic E-state index is 12.1. The van der Waals surface area contributed by atoms with Crippen LogP contribution in [0, 0.1) is 5.41 Å². The molecule has 0 unspecified atom stereocenters. The predicted molar refractivity (Wildman–Crippen MR) is 74.1 cm³/mol. The number of carbonyl (C=O) groups excluding carboxylic acids is 2. The van der Waals surface area contributed by atoms with Crippen LogP contribution in [0.2, 0.25) is 0 Å². The van der Waals surface area contributed by atoms with Gasteiger partial charge in [-0.25, -0.2) is 0 Å². The molecule has 0 saturated heterocycles. The summed E-state index contributed by atoms with van der Waals surface area (Å²) in [5.74, 6) is 0.201. The molecule has 0 atom stereocenters. The molecule has 18 heavy (non-hydrogen) atoms. The lowest BCUT2D eigenvalue weighted by Gasteiger charge is -2.16. The van der Waals surface area contributed by atoms with E-state index in [-0.39, 0.29) is 18.0 Å². The zero-order valence-electron chi connectivity index (χ0n) is 11.0. The van der Waals surface area contributed by atoms with Gasteiger partial charge in [-0.3, -0.25) is 9.59 Å². The number of Topliss-reactive ketones (excluding diaryl/α,β-unsaturated/α-hetero) is 2. The Kier molecular flexibility index (Phi) is 4.68. The van der Waals surface area contributed by atoms with Gasteiger partial charge in [-0.1, -0.05) is 36.7 Å². The first kappa shape index (κ1) is 14.9. The van der Waals surface area contributed by atoms with E-state index < -0.39 is 5.41 Å². The average molecular weight is 313 g/mol. The number of benzene rings is 1. The van der Waals surface area contributed by atoms with E-state index in [1.54, 1.807) is 39.0 Å². The van der Waals surface area contributed by atoms with Crippen LogP contribution in [0.5, 0.6) is 5.75 Å². The number of ketones is 2. The zero-order valence-corrected chi connectivity index (χ0v) is 12.6. The van der Waals surface area contributed by atoms with Gasteiger partial charge in [0.2, 0.25) is 0 Å². The quantitative estimate of drug-likeness (QED) is 0.629. The molecule has 0 amide bonds. The summed E-state index contributed by atoms with van der Waals surface area (Å²) < 4.78 is 5.92. The number of methoxy groups -OCH3 is 1. The molecule has 0 spiro atoms. The Morgan fingerprint density at radius 3 is 2.39 bits per heavy atom. The first-order valence-electron chi connectivity index (χ1n) is 5.65. The fraction of sp³-hybridized carbons (Fsp3) is 0.429. The zero-order chi connectivity index (χ0) is 13.9. The van der Waals surface area contributed by atoms with Crippen molar-refractivity contribution in [2.45, 2.75) is 27.2 Å². The molecule has 0 bridgehead atoms. The first-order valence-corrected chi connectivity index (χ1v) is 6.45. The van der Waals surface area contributed by atoms with Crippen molar-refractivity contribution in [3.8, 4) is 5.75 Å². The molecular weight excluding hydrogens is 296 g/mol. The summed E-state index contributed by atoms with van der Waals surface area (Å²) in [5, 5.41) is 0. The minimum absolute atomic E-state index is 0.0745. The second kappa shape index (κ2) is 5.65. The molecule has 0 aromatic heterocycles. The highest BCUT2D eigenvalue weighted by Crippen LogP contribution is 2.26. The van der Waals surface area contributed by atoms with Gasteiger partial charge in [0.25, 0.3) is 0 Å². The van der Waals surface area contributed by atoms with Crippen molar-refractivity contribution in [2.24, 2.45) is 5.41 Å². The van der Waals surface area contributed by atoms with Crippen LogP contribution < -0.4 is 4.74 Å². The van der Waals surface area contributed by atoms with Crippen molar-refractivity contribution in [3.63, 3.8) is 0 Å². The van der Waals surface area contributed by atoms with Crippen molar-refractivity contribution in [3.05, 3.63) is 28.2 Å². The van der Waals surface area contributed by atoms with Gasteiger partial charge in [0.1, 0.15) is 11.5 Å². The third-order valence-electron chi connectivity index (χ3n) is 2.62. The van der Waals surface area contributed by atoms with Gasteiger partial charge in [-0.15, -0.1) is 0 Å². The fourth-order valence-corrected chi connectivity index (χ4v) is 1.77. The molecule has 0 aliphatic rings. The van der Waals surface area contributed by atoms with Crippen LogP contribution >= 0.6 is 15.9 Å². The summed E-state index contributed by atoms with van der Waals surface area (Å²) >= 11 is 3.31. The second-order valence-electron chi connectivity index (χ2n) is 5.12. The molecule has 0 saturated carbocycles. The lowest BCUT2D eigenvalue weighted by Crippen LogP contribution is -2.23. The lowest BCUT2D eigenvalue weighted by atomic mass is 9.87.